The maximum absolute atomic E-state index is 12.5. The Hall–Kier alpha value is -3.29. The molecule has 0 unspecified atom stereocenters. The average molecular weight is 528 g/mol. The highest BCUT2D eigenvalue weighted by Crippen LogP contribution is 2.31. The molecule has 38 heavy (non-hydrogen) atoms. The van der Waals surface area contributed by atoms with Crippen LogP contribution < -0.4 is 10.1 Å². The molecular weight excluding hydrogens is 486 g/mol. The third-order valence-corrected chi connectivity index (χ3v) is 7.57. The topological polar surface area (TPSA) is 100 Å². The summed E-state index contributed by atoms with van der Waals surface area (Å²) in [5, 5.41) is 2.85. The number of hydrogen-bond donors (Lipinski definition) is 1. The van der Waals surface area contributed by atoms with Crippen LogP contribution in [0.2, 0.25) is 0 Å². The zero-order valence-corrected chi connectivity index (χ0v) is 22.5. The van der Waals surface area contributed by atoms with E-state index in [4.69, 9.17) is 18.9 Å². The van der Waals surface area contributed by atoms with Gasteiger partial charge in [-0.1, -0.05) is 19.2 Å². The van der Waals surface area contributed by atoms with Gasteiger partial charge in [-0.05, 0) is 93.6 Å². The van der Waals surface area contributed by atoms with E-state index < -0.39 is 6.09 Å². The monoisotopic (exact) mass is 527 g/mol. The average Bonchev–Trinajstić information content (AvgIpc) is 2.94. The summed E-state index contributed by atoms with van der Waals surface area (Å²) in [6.07, 6.45) is 9.76. The van der Waals surface area contributed by atoms with Crippen LogP contribution in [0.1, 0.15) is 56.9 Å². The summed E-state index contributed by atoms with van der Waals surface area (Å²) in [7, 11) is 0. The molecule has 0 radical (unpaired) electrons. The molecule has 1 N–H and O–H groups in total. The van der Waals surface area contributed by atoms with Gasteiger partial charge in [-0.3, -0.25) is 5.32 Å². The number of carbonyl (C=O) groups excluding carboxylic acids is 3. The molecule has 1 aromatic carbocycles. The minimum absolute atomic E-state index is 0.312. The van der Waals surface area contributed by atoms with Crippen LogP contribution in [0.15, 0.2) is 43.5 Å². The summed E-state index contributed by atoms with van der Waals surface area (Å²) in [6, 6.07) is 5.68. The van der Waals surface area contributed by atoms with Crippen LogP contribution in [-0.2, 0) is 23.8 Å². The first-order chi connectivity index (χ1) is 18.4. The third-order valence-electron chi connectivity index (χ3n) is 7.57. The second-order valence-corrected chi connectivity index (χ2v) is 10.5. The number of hydrogen-bond acceptors (Lipinski definition) is 7. The Morgan fingerprint density at radius 3 is 1.68 bits per heavy atom. The molecule has 8 nitrogen and oxygen atoms in total. The highest BCUT2D eigenvalue weighted by Gasteiger charge is 2.24. The van der Waals surface area contributed by atoms with Gasteiger partial charge in [0.1, 0.15) is 5.75 Å². The molecule has 2 aliphatic carbocycles. The minimum Gasteiger partial charge on any atom is -0.493 e. The Morgan fingerprint density at radius 1 is 0.763 bits per heavy atom. The quantitative estimate of drug-likeness (QED) is 0.202. The summed E-state index contributed by atoms with van der Waals surface area (Å²) >= 11 is 0. The molecule has 0 aliphatic heterocycles. The Bertz CT molecular complexity index is 959. The predicted octanol–water partition coefficient (Wildman–Crippen LogP) is 5.99. The number of esters is 2. The van der Waals surface area contributed by atoms with Crippen molar-refractivity contribution in [1.29, 1.82) is 0 Å². The smallest absolute Gasteiger partial charge is 0.411 e. The molecule has 0 saturated heterocycles. The van der Waals surface area contributed by atoms with Crippen LogP contribution in [0.3, 0.4) is 0 Å². The van der Waals surface area contributed by atoms with Crippen LogP contribution in [-0.4, -0.2) is 44.5 Å². The summed E-state index contributed by atoms with van der Waals surface area (Å²) < 4.78 is 21.9. The van der Waals surface area contributed by atoms with E-state index in [1.807, 2.05) is 25.1 Å². The standard InChI is InChI=1S/C30H41NO7/c1-4-28(32)36-18-23-9-7-22(8-10-23)17-35-26-15-6-21(3)27(16-26)31-30(34)38-20-25-13-11-24(12-14-25)19-37-29(33)5-2/h4-6,15-16,22-25H,1-2,7-14,17-20H2,3H3,(H,31,34). The molecular formula is C30H41NO7. The summed E-state index contributed by atoms with van der Waals surface area (Å²) in [6.45, 7) is 10.6. The fraction of sp³-hybridized carbons (Fsp3) is 0.567. The lowest BCUT2D eigenvalue weighted by molar-refractivity contribution is -0.140. The van der Waals surface area contributed by atoms with E-state index in [-0.39, 0.29) is 11.9 Å². The zero-order valence-electron chi connectivity index (χ0n) is 22.5. The van der Waals surface area contributed by atoms with E-state index in [0.29, 0.717) is 61.5 Å². The van der Waals surface area contributed by atoms with Gasteiger partial charge in [0.15, 0.2) is 0 Å². The van der Waals surface area contributed by atoms with E-state index in [9.17, 15) is 14.4 Å². The van der Waals surface area contributed by atoms with Gasteiger partial charge in [0.05, 0.1) is 32.1 Å². The van der Waals surface area contributed by atoms with Crippen LogP contribution in [0.25, 0.3) is 0 Å². The highest BCUT2D eigenvalue weighted by atomic mass is 16.6. The zero-order chi connectivity index (χ0) is 27.3. The molecule has 1 amide bonds. The van der Waals surface area contributed by atoms with Crippen molar-refractivity contribution in [2.24, 2.45) is 23.7 Å². The Morgan fingerprint density at radius 2 is 1.21 bits per heavy atom. The van der Waals surface area contributed by atoms with Gasteiger partial charge in [-0.2, -0.15) is 0 Å². The third kappa shape index (κ3) is 9.88. The van der Waals surface area contributed by atoms with Gasteiger partial charge >= 0.3 is 18.0 Å². The maximum Gasteiger partial charge on any atom is 0.411 e. The number of nitrogens with one attached hydrogen (secondary N) is 1. The number of rotatable bonds is 12. The predicted molar refractivity (Wildman–Crippen MR) is 145 cm³/mol. The largest absolute Gasteiger partial charge is 0.493 e. The number of aryl methyl sites for hydroxylation is 1. The van der Waals surface area contributed by atoms with E-state index in [1.54, 1.807) is 0 Å². The van der Waals surface area contributed by atoms with Gasteiger partial charge in [0.2, 0.25) is 0 Å². The molecule has 0 atom stereocenters. The van der Waals surface area contributed by atoms with Crippen molar-refractivity contribution in [3.05, 3.63) is 49.1 Å². The first-order valence-corrected chi connectivity index (χ1v) is 13.6. The molecule has 208 valence electrons. The fourth-order valence-corrected chi connectivity index (χ4v) is 5.03. The first-order valence-electron chi connectivity index (χ1n) is 13.6. The van der Waals surface area contributed by atoms with Gasteiger partial charge in [0.25, 0.3) is 0 Å². The molecule has 0 heterocycles. The summed E-state index contributed by atoms with van der Waals surface area (Å²) in [4.78, 5) is 34.9. The molecule has 0 spiro atoms. The fourth-order valence-electron chi connectivity index (χ4n) is 5.03. The number of ether oxygens (including phenoxy) is 4. The minimum atomic E-state index is -0.470. The van der Waals surface area contributed by atoms with Crippen LogP contribution in [0.5, 0.6) is 5.75 Å². The van der Waals surface area contributed by atoms with Gasteiger partial charge in [0, 0.05) is 18.2 Å². The first kappa shape index (κ1) is 29.3. The summed E-state index contributed by atoms with van der Waals surface area (Å²) in [5.74, 6) is 1.48. The van der Waals surface area contributed by atoms with E-state index in [0.717, 1.165) is 56.9 Å². The molecule has 1 aromatic rings. The lowest BCUT2D eigenvalue weighted by atomic mass is 9.83. The molecule has 2 fully saturated rings. The normalized spacial score (nSPS) is 23.0. The molecule has 0 bridgehead atoms. The Kier molecular flexibility index (Phi) is 11.7. The Labute approximate surface area is 225 Å². The van der Waals surface area contributed by atoms with E-state index >= 15 is 0 Å². The second kappa shape index (κ2) is 15.2. The number of carbonyl (C=O) groups is 3. The summed E-state index contributed by atoms with van der Waals surface area (Å²) in [5.41, 5.74) is 1.60. The van der Waals surface area contributed by atoms with Gasteiger partial charge < -0.3 is 18.9 Å². The maximum atomic E-state index is 12.5. The Balaban J connectivity index is 1.35. The van der Waals surface area contributed by atoms with Crippen LogP contribution in [0.4, 0.5) is 10.5 Å². The van der Waals surface area contributed by atoms with Crippen molar-refractivity contribution in [2.45, 2.75) is 58.3 Å². The van der Waals surface area contributed by atoms with Gasteiger partial charge in [-0.25, -0.2) is 14.4 Å². The highest BCUT2D eigenvalue weighted by molar-refractivity contribution is 5.86. The van der Waals surface area contributed by atoms with Crippen molar-refractivity contribution >= 4 is 23.7 Å². The molecule has 2 saturated carbocycles. The molecule has 8 heteroatoms. The van der Waals surface area contributed by atoms with Crippen molar-refractivity contribution in [2.75, 3.05) is 31.7 Å². The van der Waals surface area contributed by atoms with Crippen molar-refractivity contribution < 1.29 is 33.3 Å². The SMILES string of the molecule is C=CC(=O)OCC1CCC(COC(=O)Nc2cc(OCC3CCC(COC(=O)C=C)CC3)ccc2C)CC1. The van der Waals surface area contributed by atoms with Crippen molar-refractivity contribution in [3.63, 3.8) is 0 Å². The second-order valence-electron chi connectivity index (χ2n) is 10.5. The molecule has 2 aliphatic rings. The molecule has 3 rings (SSSR count). The number of benzene rings is 1. The van der Waals surface area contributed by atoms with E-state index in [1.165, 1.54) is 12.2 Å². The van der Waals surface area contributed by atoms with Crippen LogP contribution >= 0.6 is 0 Å². The van der Waals surface area contributed by atoms with Crippen molar-refractivity contribution in [1.82, 2.24) is 0 Å². The van der Waals surface area contributed by atoms with E-state index in [2.05, 4.69) is 18.5 Å². The lowest BCUT2D eigenvalue weighted by Gasteiger charge is -2.28. The van der Waals surface area contributed by atoms with Crippen molar-refractivity contribution in [3.8, 4) is 5.75 Å². The van der Waals surface area contributed by atoms with Crippen LogP contribution in [0, 0.1) is 30.6 Å². The molecule has 0 aromatic heterocycles. The number of anilines is 1. The number of amides is 1. The lowest BCUT2D eigenvalue weighted by Crippen LogP contribution is -2.25. The van der Waals surface area contributed by atoms with Gasteiger partial charge in [-0.15, -0.1) is 0 Å².